The summed E-state index contributed by atoms with van der Waals surface area (Å²) in [6.45, 7) is 4.58. The van der Waals surface area contributed by atoms with Gasteiger partial charge in [0.05, 0.1) is 18.3 Å². The molecule has 1 N–H and O–H groups in total. The molecule has 3 aliphatic rings. The zero-order chi connectivity index (χ0) is 22.1. The Kier molecular flexibility index (Phi) is 6.46. The molecule has 5 nitrogen and oxygen atoms in total. The average molecular weight is 460 g/mol. The fourth-order valence-corrected chi connectivity index (χ4v) is 5.38. The van der Waals surface area contributed by atoms with E-state index in [9.17, 15) is 13.6 Å². The standard InChI is InChI=1S/C24H27F2N3O2S/c25-21-7-3-8-22(26)23(21)18-6-2-1-5-17(18)19-13-20(19)24(30)28-11-12-31-16(15-28)14-27-32-29-9-4-10-29/h1-3,5-8,16,19-20,27H,4,9-15H2/t16?,19-,20+/m0/s1. The van der Waals surface area contributed by atoms with E-state index in [1.807, 2.05) is 17.0 Å². The van der Waals surface area contributed by atoms with Gasteiger partial charge >= 0.3 is 0 Å². The first kappa shape index (κ1) is 21.8. The Labute approximate surface area is 191 Å². The molecule has 0 radical (unpaired) electrons. The number of carbonyl (C=O) groups excluding carboxylic acids is 1. The molecular weight excluding hydrogens is 432 g/mol. The largest absolute Gasteiger partial charge is 0.373 e. The highest BCUT2D eigenvalue weighted by molar-refractivity contribution is 7.95. The quantitative estimate of drug-likeness (QED) is 0.638. The van der Waals surface area contributed by atoms with Gasteiger partial charge in [0, 0.05) is 50.8 Å². The van der Waals surface area contributed by atoms with E-state index in [-0.39, 0.29) is 29.4 Å². The normalized spacial score (nSPS) is 25.4. The van der Waals surface area contributed by atoms with Gasteiger partial charge in [-0.3, -0.25) is 4.79 Å². The summed E-state index contributed by atoms with van der Waals surface area (Å²) in [6, 6.07) is 11.2. The van der Waals surface area contributed by atoms with E-state index in [0.717, 1.165) is 18.7 Å². The van der Waals surface area contributed by atoms with Crippen LogP contribution in [-0.2, 0) is 9.53 Å². The molecule has 0 bridgehead atoms. The van der Waals surface area contributed by atoms with Crippen LogP contribution < -0.4 is 4.72 Å². The molecule has 2 saturated heterocycles. The summed E-state index contributed by atoms with van der Waals surface area (Å²) in [4.78, 5) is 15.1. The predicted octanol–water partition coefficient (Wildman–Crippen LogP) is 3.82. The van der Waals surface area contributed by atoms with Gasteiger partial charge in [-0.2, -0.15) is 0 Å². The van der Waals surface area contributed by atoms with E-state index in [1.165, 1.54) is 24.6 Å². The maximum Gasteiger partial charge on any atom is 0.226 e. The Morgan fingerprint density at radius 3 is 2.62 bits per heavy atom. The van der Waals surface area contributed by atoms with Gasteiger partial charge in [0.1, 0.15) is 11.6 Å². The summed E-state index contributed by atoms with van der Waals surface area (Å²) in [5.74, 6) is -1.21. The smallest absolute Gasteiger partial charge is 0.226 e. The molecule has 32 heavy (non-hydrogen) atoms. The van der Waals surface area contributed by atoms with Crippen LogP contribution in [0.5, 0.6) is 0 Å². The molecule has 3 fully saturated rings. The number of benzene rings is 2. The van der Waals surface area contributed by atoms with Crippen molar-refractivity contribution in [2.75, 3.05) is 39.3 Å². The molecule has 0 spiro atoms. The first-order valence-electron chi connectivity index (χ1n) is 11.2. The van der Waals surface area contributed by atoms with Crippen LogP contribution in [0.25, 0.3) is 11.1 Å². The minimum Gasteiger partial charge on any atom is -0.373 e. The zero-order valence-corrected chi connectivity index (χ0v) is 18.6. The first-order valence-corrected chi connectivity index (χ1v) is 12.0. The molecule has 1 unspecified atom stereocenters. The van der Waals surface area contributed by atoms with Crippen LogP contribution in [0.1, 0.15) is 24.3 Å². The van der Waals surface area contributed by atoms with Crippen molar-refractivity contribution < 1.29 is 18.3 Å². The number of nitrogens with one attached hydrogen (secondary N) is 1. The van der Waals surface area contributed by atoms with Gasteiger partial charge in [0.25, 0.3) is 0 Å². The fourth-order valence-electron chi connectivity index (χ4n) is 4.49. The van der Waals surface area contributed by atoms with Crippen LogP contribution in [0.3, 0.4) is 0 Å². The Hall–Kier alpha value is -2.00. The summed E-state index contributed by atoms with van der Waals surface area (Å²) in [7, 11) is 0. The molecule has 1 amide bonds. The molecule has 2 aromatic rings. The summed E-state index contributed by atoms with van der Waals surface area (Å²) in [5, 5.41) is 0. The van der Waals surface area contributed by atoms with Gasteiger partial charge in [0.15, 0.2) is 0 Å². The Balaban J connectivity index is 1.23. The van der Waals surface area contributed by atoms with Crippen molar-refractivity contribution in [1.82, 2.24) is 13.9 Å². The molecule has 1 aliphatic carbocycles. The van der Waals surface area contributed by atoms with E-state index in [0.29, 0.717) is 38.2 Å². The summed E-state index contributed by atoms with van der Waals surface area (Å²) < 4.78 is 40.3. The van der Waals surface area contributed by atoms with Gasteiger partial charge in [-0.05, 0) is 42.0 Å². The predicted molar refractivity (Wildman–Crippen MR) is 121 cm³/mol. The third-order valence-electron chi connectivity index (χ3n) is 6.47. The van der Waals surface area contributed by atoms with Crippen LogP contribution in [0.15, 0.2) is 42.5 Å². The Bertz CT molecular complexity index is 967. The highest BCUT2D eigenvalue weighted by atomic mass is 32.2. The number of morpholine rings is 1. The number of carbonyl (C=O) groups is 1. The molecule has 2 aromatic carbocycles. The molecule has 0 aromatic heterocycles. The average Bonchev–Trinajstić information content (AvgIpc) is 3.56. The van der Waals surface area contributed by atoms with Crippen molar-refractivity contribution in [2.45, 2.75) is 24.9 Å². The van der Waals surface area contributed by atoms with Crippen LogP contribution in [0.2, 0.25) is 0 Å². The summed E-state index contributed by atoms with van der Waals surface area (Å²) in [5.41, 5.74) is 1.36. The van der Waals surface area contributed by atoms with Crippen molar-refractivity contribution in [3.8, 4) is 11.1 Å². The van der Waals surface area contributed by atoms with Crippen molar-refractivity contribution in [3.63, 3.8) is 0 Å². The molecule has 170 valence electrons. The Morgan fingerprint density at radius 2 is 1.88 bits per heavy atom. The lowest BCUT2D eigenvalue weighted by molar-refractivity contribution is -0.139. The number of hydrogen-bond acceptors (Lipinski definition) is 5. The number of amides is 1. The van der Waals surface area contributed by atoms with Gasteiger partial charge in [-0.1, -0.05) is 30.3 Å². The molecular formula is C24H27F2N3O2S. The maximum absolute atomic E-state index is 14.4. The maximum atomic E-state index is 14.4. The van der Waals surface area contributed by atoms with Crippen molar-refractivity contribution in [3.05, 3.63) is 59.7 Å². The second-order valence-corrected chi connectivity index (χ2v) is 9.62. The third kappa shape index (κ3) is 4.55. The lowest BCUT2D eigenvalue weighted by atomic mass is 9.95. The fraction of sp³-hybridized carbons (Fsp3) is 0.458. The van der Waals surface area contributed by atoms with E-state index >= 15 is 0 Å². The van der Waals surface area contributed by atoms with Gasteiger partial charge < -0.3 is 9.64 Å². The third-order valence-corrected chi connectivity index (χ3v) is 7.39. The van der Waals surface area contributed by atoms with Gasteiger partial charge in [-0.15, -0.1) is 0 Å². The highest BCUT2D eigenvalue weighted by Gasteiger charge is 2.47. The van der Waals surface area contributed by atoms with Gasteiger partial charge in [-0.25, -0.2) is 17.8 Å². The monoisotopic (exact) mass is 459 g/mol. The number of rotatable bonds is 7. The van der Waals surface area contributed by atoms with E-state index in [4.69, 9.17) is 4.74 Å². The van der Waals surface area contributed by atoms with Crippen LogP contribution >= 0.6 is 12.1 Å². The molecule has 8 heteroatoms. The molecule has 2 heterocycles. The Morgan fingerprint density at radius 1 is 1.09 bits per heavy atom. The zero-order valence-electron chi connectivity index (χ0n) is 17.8. The number of ether oxygens (including phenoxy) is 1. The summed E-state index contributed by atoms with van der Waals surface area (Å²) in [6.07, 6.45) is 1.92. The van der Waals surface area contributed by atoms with Crippen molar-refractivity contribution >= 4 is 18.0 Å². The lowest BCUT2D eigenvalue weighted by Gasteiger charge is -2.34. The second kappa shape index (κ2) is 9.47. The number of hydrogen-bond donors (Lipinski definition) is 1. The van der Waals surface area contributed by atoms with E-state index < -0.39 is 11.6 Å². The first-order chi connectivity index (χ1) is 15.6. The molecule has 5 rings (SSSR count). The lowest BCUT2D eigenvalue weighted by Crippen LogP contribution is -2.49. The molecule has 3 atom stereocenters. The van der Waals surface area contributed by atoms with Crippen LogP contribution in [0.4, 0.5) is 8.78 Å². The molecule has 2 aliphatic heterocycles. The van der Waals surface area contributed by atoms with E-state index in [2.05, 4.69) is 9.03 Å². The molecule has 1 saturated carbocycles. The number of nitrogens with zero attached hydrogens (tertiary/aromatic N) is 2. The minimum absolute atomic E-state index is 0.0147. The summed E-state index contributed by atoms with van der Waals surface area (Å²) >= 11 is 1.62. The SMILES string of the molecule is O=C([C@@H]1C[C@H]1c1ccccc1-c1c(F)cccc1F)N1CCOC(CNSN2CCC2)C1. The topological polar surface area (TPSA) is 44.8 Å². The van der Waals surface area contributed by atoms with Gasteiger partial charge in [0.2, 0.25) is 5.91 Å². The second-order valence-electron chi connectivity index (χ2n) is 8.63. The minimum atomic E-state index is -0.583. The van der Waals surface area contributed by atoms with Crippen molar-refractivity contribution in [2.24, 2.45) is 5.92 Å². The number of halogens is 2. The highest BCUT2D eigenvalue weighted by Crippen LogP contribution is 2.51. The van der Waals surface area contributed by atoms with Crippen molar-refractivity contribution in [1.29, 1.82) is 0 Å². The van der Waals surface area contributed by atoms with Crippen LogP contribution in [0, 0.1) is 17.6 Å². The van der Waals surface area contributed by atoms with Crippen LogP contribution in [-0.4, -0.2) is 60.5 Å². The van der Waals surface area contributed by atoms with E-state index in [1.54, 1.807) is 24.3 Å².